The minimum absolute atomic E-state index is 0.106. The van der Waals surface area contributed by atoms with Crippen molar-refractivity contribution in [3.8, 4) is 16.9 Å². The van der Waals surface area contributed by atoms with E-state index in [9.17, 15) is 19.5 Å². The number of methoxy groups -OCH3 is 1. The van der Waals surface area contributed by atoms with Crippen LogP contribution >= 0.6 is 24.2 Å². The molecule has 0 radical (unpaired) electrons. The fraction of sp³-hybridized carbons (Fsp3) is 0.513. The van der Waals surface area contributed by atoms with Gasteiger partial charge in [0.15, 0.2) is 0 Å². The summed E-state index contributed by atoms with van der Waals surface area (Å²) in [6, 6.07) is 9.34. The number of halogens is 1. The van der Waals surface area contributed by atoms with Crippen molar-refractivity contribution in [2.75, 3.05) is 24.4 Å². The Morgan fingerprint density at radius 2 is 2.00 bits per heavy atom. The van der Waals surface area contributed by atoms with Gasteiger partial charge in [0.05, 0.1) is 35.2 Å². The molecule has 2 fully saturated rings. The molecule has 12 heteroatoms. The van der Waals surface area contributed by atoms with Crippen molar-refractivity contribution in [1.29, 1.82) is 0 Å². The standard InChI is InChI=1S/C39H50ClN3O7S/c1-22-9-8-10-23(2)39(47)21-32(49-37(46)42-39)25(4)36-38(5,50-36)16-15-34(45)43(6)30-18-26(17-22)19-31(48-7)35(30)27-12-13-29(28(40)20-27)41-33(44)14-11-24(3)51/h8-10,12-13,18-20,23-25,32,36,47,51H,11,14-17,21H2,1-7H3,(H,41,44)(H,42,46)/b10-8+,22-9+/t23-,24?,25-,32+,36+,38+,39+/m1/s1. The van der Waals surface area contributed by atoms with Crippen LogP contribution in [-0.4, -0.2) is 66.0 Å². The van der Waals surface area contributed by atoms with E-state index in [2.05, 4.69) is 23.3 Å². The lowest BCUT2D eigenvalue weighted by atomic mass is 9.82. The number of alkyl carbamates (subject to hydrolysis) is 1. The third kappa shape index (κ3) is 8.93. The molecule has 5 rings (SSSR count). The van der Waals surface area contributed by atoms with Crippen LogP contribution in [0.15, 0.2) is 54.1 Å². The highest BCUT2D eigenvalue weighted by molar-refractivity contribution is 7.80. The van der Waals surface area contributed by atoms with E-state index in [1.807, 2.05) is 71.0 Å². The first-order valence-electron chi connectivity index (χ1n) is 17.5. The monoisotopic (exact) mass is 739 g/mol. The smallest absolute Gasteiger partial charge is 0.409 e. The molecule has 10 nitrogen and oxygen atoms in total. The van der Waals surface area contributed by atoms with Gasteiger partial charge in [-0.3, -0.25) is 14.9 Å². The highest BCUT2D eigenvalue weighted by Crippen LogP contribution is 2.48. The average molecular weight is 740 g/mol. The lowest BCUT2D eigenvalue weighted by Gasteiger charge is -2.41. The molecule has 3 N–H and O–H groups in total. The molecule has 0 spiro atoms. The minimum Gasteiger partial charge on any atom is -0.496 e. The highest BCUT2D eigenvalue weighted by atomic mass is 35.5. The number of amides is 3. The Labute approximate surface area is 311 Å². The predicted octanol–water partition coefficient (Wildman–Crippen LogP) is 7.47. The van der Waals surface area contributed by atoms with E-state index in [1.54, 1.807) is 31.2 Å². The molecule has 3 heterocycles. The third-order valence-corrected chi connectivity index (χ3v) is 10.9. The number of hydrogen-bond donors (Lipinski definition) is 4. The van der Waals surface area contributed by atoms with E-state index in [1.165, 1.54) is 0 Å². The minimum atomic E-state index is -1.49. The molecule has 0 aliphatic carbocycles. The van der Waals surface area contributed by atoms with E-state index < -0.39 is 29.4 Å². The number of anilines is 2. The van der Waals surface area contributed by atoms with Crippen LogP contribution < -0.4 is 20.3 Å². The summed E-state index contributed by atoms with van der Waals surface area (Å²) < 4.78 is 17.8. The molecule has 51 heavy (non-hydrogen) atoms. The van der Waals surface area contributed by atoms with Crippen molar-refractivity contribution in [1.82, 2.24) is 5.32 Å². The number of fused-ring (bicyclic) bond motifs is 5. The molecule has 0 aromatic heterocycles. The second-order valence-electron chi connectivity index (χ2n) is 14.5. The molecular formula is C39H50ClN3O7S. The van der Waals surface area contributed by atoms with Gasteiger partial charge in [0.2, 0.25) is 11.8 Å². The molecule has 2 saturated heterocycles. The number of rotatable bonds is 6. The van der Waals surface area contributed by atoms with E-state index in [-0.39, 0.29) is 41.9 Å². The van der Waals surface area contributed by atoms with E-state index >= 15 is 0 Å². The van der Waals surface area contributed by atoms with Gasteiger partial charge in [-0.2, -0.15) is 12.6 Å². The summed E-state index contributed by atoms with van der Waals surface area (Å²) in [6.07, 6.45) is 6.63. The van der Waals surface area contributed by atoms with Crippen LogP contribution in [0.1, 0.15) is 72.3 Å². The number of carbonyl (C=O) groups excluding carboxylic acids is 3. The Balaban J connectivity index is 1.52. The van der Waals surface area contributed by atoms with Gasteiger partial charge in [-0.05, 0) is 73.8 Å². The first-order valence-corrected chi connectivity index (χ1v) is 18.4. The van der Waals surface area contributed by atoms with Crippen molar-refractivity contribution >= 4 is 53.5 Å². The third-order valence-electron chi connectivity index (χ3n) is 10.4. The van der Waals surface area contributed by atoms with Crippen LogP contribution in [0, 0.1) is 11.8 Å². The van der Waals surface area contributed by atoms with Gasteiger partial charge in [0, 0.05) is 43.7 Å². The fourth-order valence-corrected chi connectivity index (χ4v) is 7.39. The van der Waals surface area contributed by atoms with Gasteiger partial charge in [-0.1, -0.05) is 62.2 Å². The fourth-order valence-electron chi connectivity index (χ4n) is 7.03. The van der Waals surface area contributed by atoms with Crippen LogP contribution in [-0.2, 0) is 25.5 Å². The quantitative estimate of drug-likeness (QED) is 0.179. The van der Waals surface area contributed by atoms with E-state index in [0.29, 0.717) is 53.4 Å². The van der Waals surface area contributed by atoms with Crippen LogP contribution in [0.5, 0.6) is 5.75 Å². The summed E-state index contributed by atoms with van der Waals surface area (Å²) in [4.78, 5) is 40.7. The van der Waals surface area contributed by atoms with Crippen molar-refractivity contribution in [2.45, 2.75) is 102 Å². The molecule has 3 amide bonds. The number of thiol groups is 1. The zero-order valence-electron chi connectivity index (χ0n) is 30.4. The summed E-state index contributed by atoms with van der Waals surface area (Å²) in [5.74, 6) is -0.307. The van der Waals surface area contributed by atoms with E-state index in [4.69, 9.17) is 25.8 Å². The molecule has 3 aliphatic rings. The van der Waals surface area contributed by atoms with Crippen molar-refractivity contribution in [3.63, 3.8) is 0 Å². The largest absolute Gasteiger partial charge is 0.496 e. The normalized spacial score (nSPS) is 30.5. The molecule has 276 valence electrons. The first kappa shape index (κ1) is 38.7. The molecule has 3 aliphatic heterocycles. The van der Waals surface area contributed by atoms with Gasteiger partial charge < -0.3 is 29.5 Å². The second-order valence-corrected chi connectivity index (χ2v) is 15.8. The Morgan fingerprint density at radius 3 is 2.69 bits per heavy atom. The number of nitrogens with one attached hydrogen (secondary N) is 2. The molecule has 4 bridgehead atoms. The number of allylic oxidation sites excluding steroid dienone is 3. The highest BCUT2D eigenvalue weighted by Gasteiger charge is 2.58. The van der Waals surface area contributed by atoms with Crippen LogP contribution in [0.4, 0.5) is 16.2 Å². The number of benzene rings is 2. The lowest BCUT2D eigenvalue weighted by Crippen LogP contribution is -2.60. The van der Waals surface area contributed by atoms with Gasteiger partial charge in [-0.25, -0.2) is 4.79 Å². The van der Waals surface area contributed by atoms with Crippen LogP contribution in [0.2, 0.25) is 5.02 Å². The molecule has 1 unspecified atom stereocenters. The SMILES string of the molecule is COc1cc2cc(c1-c1ccc(NC(=O)CCC(C)S)c(Cl)c1)N(C)C(=O)CC[C@]1(C)O[C@H]1[C@H](C)[C@@H]1C[C@@](O)(NC(=O)O1)[C@H](C)/C=C/C=C(\C)C2. The maximum Gasteiger partial charge on any atom is 0.409 e. The predicted molar refractivity (Wildman–Crippen MR) is 204 cm³/mol. The Bertz CT molecular complexity index is 1730. The van der Waals surface area contributed by atoms with Gasteiger partial charge in [-0.15, -0.1) is 0 Å². The van der Waals surface area contributed by atoms with Gasteiger partial charge in [0.25, 0.3) is 0 Å². The molecule has 0 saturated carbocycles. The summed E-state index contributed by atoms with van der Waals surface area (Å²) in [5, 5.41) is 17.5. The Morgan fingerprint density at radius 1 is 1.25 bits per heavy atom. The summed E-state index contributed by atoms with van der Waals surface area (Å²) in [7, 11) is 3.35. The maximum absolute atomic E-state index is 14.0. The number of ether oxygens (including phenoxy) is 3. The summed E-state index contributed by atoms with van der Waals surface area (Å²) in [6.45, 7) is 9.73. The maximum atomic E-state index is 14.0. The number of epoxide rings is 1. The number of nitrogens with zero attached hydrogens (tertiary/aromatic N) is 1. The Kier molecular flexibility index (Phi) is 11.9. The second kappa shape index (κ2) is 15.6. The topological polar surface area (TPSA) is 130 Å². The Hall–Kier alpha value is -3.51. The van der Waals surface area contributed by atoms with E-state index in [0.717, 1.165) is 16.7 Å². The zero-order chi connectivity index (χ0) is 37.2. The average Bonchev–Trinajstić information content (AvgIpc) is 3.76. The van der Waals surface area contributed by atoms with Crippen LogP contribution in [0.25, 0.3) is 11.1 Å². The van der Waals surface area contributed by atoms with Crippen molar-refractivity contribution < 1.29 is 33.7 Å². The first-order chi connectivity index (χ1) is 24.0. The molecule has 2 aromatic carbocycles. The van der Waals surface area contributed by atoms with Gasteiger partial charge >= 0.3 is 6.09 Å². The van der Waals surface area contributed by atoms with Crippen molar-refractivity contribution in [3.05, 3.63) is 64.7 Å². The number of hydrogen-bond acceptors (Lipinski definition) is 8. The number of carbonyl (C=O) groups is 3. The lowest BCUT2D eigenvalue weighted by molar-refractivity contribution is -0.118. The summed E-state index contributed by atoms with van der Waals surface area (Å²) >= 11 is 11.1. The van der Waals surface area contributed by atoms with Gasteiger partial charge in [0.1, 0.15) is 17.6 Å². The molecule has 2 aromatic rings. The summed E-state index contributed by atoms with van der Waals surface area (Å²) in [5.41, 5.74) is 2.43. The van der Waals surface area contributed by atoms with Crippen LogP contribution in [0.3, 0.4) is 0 Å². The molecular weight excluding hydrogens is 690 g/mol. The number of aliphatic hydroxyl groups is 1. The van der Waals surface area contributed by atoms with Crippen molar-refractivity contribution in [2.24, 2.45) is 11.8 Å². The zero-order valence-corrected chi connectivity index (χ0v) is 32.1. The molecule has 7 atom stereocenters.